The van der Waals surface area contributed by atoms with Crippen molar-refractivity contribution in [3.63, 3.8) is 0 Å². The Kier molecular flexibility index (Phi) is 4.46. The highest BCUT2D eigenvalue weighted by Gasteiger charge is 2.09. The molecule has 2 aromatic rings. The summed E-state index contributed by atoms with van der Waals surface area (Å²) in [6.45, 7) is 2.47. The molecule has 0 saturated carbocycles. The monoisotopic (exact) mass is 248 g/mol. The van der Waals surface area contributed by atoms with Gasteiger partial charge in [-0.15, -0.1) is 11.3 Å². The van der Waals surface area contributed by atoms with Crippen molar-refractivity contribution >= 4 is 16.5 Å². The van der Waals surface area contributed by atoms with Crippen molar-refractivity contribution < 1.29 is 0 Å². The number of thiazole rings is 1. The largest absolute Gasteiger partial charge is 0.344 e. The average Bonchev–Trinajstić information content (AvgIpc) is 2.89. The zero-order valence-electron chi connectivity index (χ0n) is 9.62. The highest BCUT2D eigenvalue weighted by Crippen LogP contribution is 2.19. The molecular formula is C12H16N4S. The summed E-state index contributed by atoms with van der Waals surface area (Å²) in [5.74, 6) is 0. The highest BCUT2D eigenvalue weighted by atomic mass is 32.1. The normalized spacial score (nSPS) is 10.4. The van der Waals surface area contributed by atoms with Crippen molar-refractivity contribution in [1.82, 2.24) is 9.97 Å². The molecule has 0 unspecified atom stereocenters. The van der Waals surface area contributed by atoms with Gasteiger partial charge in [-0.3, -0.25) is 4.98 Å². The number of hydrogen-bond donors (Lipinski definition) is 1. The number of nitrogens with two attached hydrogens (primary N) is 1. The van der Waals surface area contributed by atoms with Gasteiger partial charge in [-0.1, -0.05) is 6.07 Å². The molecule has 90 valence electrons. The molecule has 2 N–H and O–H groups in total. The molecule has 0 aromatic carbocycles. The molecule has 0 aliphatic rings. The lowest BCUT2D eigenvalue weighted by molar-refractivity contribution is 0.732. The summed E-state index contributed by atoms with van der Waals surface area (Å²) in [5.41, 5.74) is 6.76. The van der Waals surface area contributed by atoms with Crippen LogP contribution in [0.5, 0.6) is 0 Å². The van der Waals surface area contributed by atoms with E-state index in [1.807, 2.05) is 23.8 Å². The van der Waals surface area contributed by atoms with E-state index in [0.717, 1.165) is 24.6 Å². The van der Waals surface area contributed by atoms with E-state index in [1.54, 1.807) is 17.5 Å². The molecular weight excluding hydrogens is 232 g/mol. The highest BCUT2D eigenvalue weighted by molar-refractivity contribution is 7.13. The van der Waals surface area contributed by atoms with E-state index in [2.05, 4.69) is 20.9 Å². The lowest BCUT2D eigenvalue weighted by atomic mass is 10.2. The van der Waals surface area contributed by atoms with Crippen molar-refractivity contribution in [3.8, 4) is 0 Å². The van der Waals surface area contributed by atoms with Crippen LogP contribution in [0, 0.1) is 0 Å². The molecule has 0 atom stereocenters. The summed E-state index contributed by atoms with van der Waals surface area (Å²) < 4.78 is 0. The van der Waals surface area contributed by atoms with Crippen LogP contribution >= 0.6 is 11.3 Å². The second kappa shape index (κ2) is 6.32. The molecule has 5 heteroatoms. The first-order valence-electron chi connectivity index (χ1n) is 5.63. The van der Waals surface area contributed by atoms with Crippen LogP contribution < -0.4 is 10.6 Å². The molecule has 17 heavy (non-hydrogen) atoms. The first kappa shape index (κ1) is 12.0. The lowest BCUT2D eigenvalue weighted by Crippen LogP contribution is -2.25. The molecule has 2 heterocycles. The van der Waals surface area contributed by atoms with E-state index < -0.39 is 0 Å². The smallest absolute Gasteiger partial charge is 0.185 e. The van der Waals surface area contributed by atoms with Gasteiger partial charge in [0, 0.05) is 37.1 Å². The fourth-order valence-corrected chi connectivity index (χ4v) is 2.28. The van der Waals surface area contributed by atoms with Crippen molar-refractivity contribution in [1.29, 1.82) is 0 Å². The van der Waals surface area contributed by atoms with Crippen LogP contribution in [0.2, 0.25) is 0 Å². The molecule has 0 radical (unpaired) electrons. The summed E-state index contributed by atoms with van der Waals surface area (Å²) in [4.78, 5) is 10.7. The molecule has 2 aromatic heterocycles. The molecule has 0 bridgehead atoms. The summed E-state index contributed by atoms with van der Waals surface area (Å²) in [5, 5.41) is 3.04. The van der Waals surface area contributed by atoms with Crippen molar-refractivity contribution in [2.45, 2.75) is 13.0 Å². The number of nitrogens with zero attached hydrogens (tertiary/aromatic N) is 3. The summed E-state index contributed by atoms with van der Waals surface area (Å²) in [7, 11) is 0. The van der Waals surface area contributed by atoms with E-state index in [4.69, 9.17) is 5.73 Å². The minimum atomic E-state index is 0.703. The van der Waals surface area contributed by atoms with Crippen LogP contribution in [0.1, 0.15) is 12.0 Å². The molecule has 0 spiro atoms. The molecule has 0 fully saturated rings. The van der Waals surface area contributed by atoms with Crippen LogP contribution in [0.25, 0.3) is 0 Å². The molecule has 2 rings (SSSR count). The quantitative estimate of drug-likeness (QED) is 0.848. The predicted octanol–water partition coefficient (Wildman–Crippen LogP) is 1.89. The van der Waals surface area contributed by atoms with Crippen molar-refractivity contribution in [2.75, 3.05) is 18.0 Å². The minimum Gasteiger partial charge on any atom is -0.344 e. The maximum Gasteiger partial charge on any atom is 0.185 e. The number of pyridine rings is 1. The Bertz CT molecular complexity index is 415. The topological polar surface area (TPSA) is 55.0 Å². The van der Waals surface area contributed by atoms with Gasteiger partial charge in [0.25, 0.3) is 0 Å². The van der Waals surface area contributed by atoms with Gasteiger partial charge in [0.2, 0.25) is 0 Å². The first-order chi connectivity index (χ1) is 8.40. The number of anilines is 1. The van der Waals surface area contributed by atoms with Gasteiger partial charge in [-0.05, 0) is 24.6 Å². The molecule has 0 aliphatic heterocycles. The van der Waals surface area contributed by atoms with Crippen molar-refractivity contribution in [2.24, 2.45) is 5.73 Å². The average molecular weight is 248 g/mol. The van der Waals surface area contributed by atoms with Gasteiger partial charge in [-0.2, -0.15) is 0 Å². The lowest BCUT2D eigenvalue weighted by Gasteiger charge is -2.21. The van der Waals surface area contributed by atoms with Gasteiger partial charge in [-0.25, -0.2) is 4.98 Å². The van der Waals surface area contributed by atoms with E-state index in [1.165, 1.54) is 5.56 Å². The second-order valence-corrected chi connectivity index (χ2v) is 4.61. The van der Waals surface area contributed by atoms with E-state index in [-0.39, 0.29) is 0 Å². The predicted molar refractivity (Wildman–Crippen MR) is 71.1 cm³/mol. The third-order valence-electron chi connectivity index (χ3n) is 2.42. The standard InChI is InChI=1S/C12H16N4S/c13-4-2-7-16(12-15-6-8-17-12)10-11-3-1-5-14-9-11/h1,3,5-6,8-9H,2,4,7,10,13H2. The summed E-state index contributed by atoms with van der Waals surface area (Å²) in [6.07, 6.45) is 6.48. The number of hydrogen-bond acceptors (Lipinski definition) is 5. The fourth-order valence-electron chi connectivity index (χ4n) is 1.61. The molecule has 0 saturated heterocycles. The van der Waals surface area contributed by atoms with E-state index in [9.17, 15) is 0 Å². The Morgan fingerprint density at radius 2 is 2.29 bits per heavy atom. The summed E-state index contributed by atoms with van der Waals surface area (Å²) in [6, 6.07) is 4.04. The third-order valence-corrected chi connectivity index (χ3v) is 3.25. The first-order valence-corrected chi connectivity index (χ1v) is 6.51. The molecule has 0 amide bonds. The molecule has 0 aliphatic carbocycles. The van der Waals surface area contributed by atoms with Gasteiger partial charge in [0.15, 0.2) is 5.13 Å². The SMILES string of the molecule is NCCCN(Cc1cccnc1)c1nccs1. The Morgan fingerprint density at radius 3 is 2.94 bits per heavy atom. The Labute approximate surface area is 105 Å². The number of aromatic nitrogens is 2. The van der Waals surface area contributed by atoms with Gasteiger partial charge in [0.05, 0.1) is 0 Å². The zero-order chi connectivity index (χ0) is 11.9. The zero-order valence-corrected chi connectivity index (χ0v) is 10.4. The minimum absolute atomic E-state index is 0.703. The number of rotatable bonds is 6. The van der Waals surface area contributed by atoms with Gasteiger partial charge in [0.1, 0.15) is 0 Å². The van der Waals surface area contributed by atoms with E-state index in [0.29, 0.717) is 6.54 Å². The summed E-state index contributed by atoms with van der Waals surface area (Å²) >= 11 is 1.65. The van der Waals surface area contributed by atoms with E-state index >= 15 is 0 Å². The van der Waals surface area contributed by atoms with Gasteiger partial charge >= 0.3 is 0 Å². The van der Waals surface area contributed by atoms with Crippen LogP contribution in [0.15, 0.2) is 36.1 Å². The van der Waals surface area contributed by atoms with Crippen LogP contribution in [-0.2, 0) is 6.54 Å². The van der Waals surface area contributed by atoms with Crippen LogP contribution in [-0.4, -0.2) is 23.1 Å². The fraction of sp³-hybridized carbons (Fsp3) is 0.333. The maximum atomic E-state index is 5.57. The van der Waals surface area contributed by atoms with Crippen molar-refractivity contribution in [3.05, 3.63) is 41.7 Å². The maximum absolute atomic E-state index is 5.57. The second-order valence-electron chi connectivity index (χ2n) is 3.74. The Balaban J connectivity index is 2.06. The van der Waals surface area contributed by atoms with Crippen LogP contribution in [0.4, 0.5) is 5.13 Å². The van der Waals surface area contributed by atoms with Gasteiger partial charge < -0.3 is 10.6 Å². The Morgan fingerprint density at radius 1 is 1.35 bits per heavy atom. The Hall–Kier alpha value is -1.46. The third kappa shape index (κ3) is 3.51. The molecule has 4 nitrogen and oxygen atoms in total. The van der Waals surface area contributed by atoms with Crippen LogP contribution in [0.3, 0.4) is 0 Å².